The van der Waals surface area contributed by atoms with Crippen LogP contribution in [0.15, 0.2) is 182 Å². The van der Waals surface area contributed by atoms with Crippen molar-refractivity contribution >= 4 is 111 Å². The molecule has 2 aliphatic heterocycles. The van der Waals surface area contributed by atoms with Gasteiger partial charge in [0.2, 0.25) is 0 Å². The molecule has 2 aliphatic rings. The Hall–Kier alpha value is -7.54. The molecule has 4 heterocycles. The number of thiophene rings is 1. The highest BCUT2D eigenvalue weighted by Gasteiger charge is 2.45. The number of hydrogen-bond donors (Lipinski definition) is 0. The van der Waals surface area contributed by atoms with Gasteiger partial charge in [0.15, 0.2) is 0 Å². The molecular weight excluding hydrogens is 942 g/mol. The number of fused-ring (bicyclic) bond motifs is 11. The van der Waals surface area contributed by atoms with Gasteiger partial charge in [0.25, 0.3) is 6.71 Å². The Labute approximate surface area is 453 Å². The second-order valence-corrected chi connectivity index (χ2v) is 26.5. The van der Waals surface area contributed by atoms with Crippen molar-refractivity contribution in [2.75, 3.05) is 9.80 Å². The molecule has 9 aromatic carbocycles. The van der Waals surface area contributed by atoms with Gasteiger partial charge in [0, 0.05) is 60.4 Å². The average molecular weight is 1010 g/mol. The van der Waals surface area contributed by atoms with Crippen LogP contribution in [0.3, 0.4) is 0 Å². The van der Waals surface area contributed by atoms with Crippen molar-refractivity contribution in [1.82, 2.24) is 4.57 Å². The first-order valence-corrected chi connectivity index (χ1v) is 27.9. The lowest BCUT2D eigenvalue weighted by atomic mass is 9.34. The van der Waals surface area contributed by atoms with Gasteiger partial charge in [0.05, 0.1) is 21.4 Å². The van der Waals surface area contributed by atoms with Gasteiger partial charge in [-0.25, -0.2) is 0 Å². The molecule has 6 heteroatoms. The second-order valence-electron chi connectivity index (χ2n) is 25.5. The number of para-hydroxylation sites is 2. The van der Waals surface area contributed by atoms with Gasteiger partial charge in [-0.1, -0.05) is 180 Å². The first kappa shape index (κ1) is 48.1. The number of benzene rings is 9. The normalized spacial score (nSPS) is 13.6. The maximum absolute atomic E-state index is 7.62. The third kappa shape index (κ3) is 7.69. The summed E-state index contributed by atoms with van der Waals surface area (Å²) in [6.07, 6.45) is 0. The molecule has 76 heavy (non-hydrogen) atoms. The monoisotopic (exact) mass is 1010 g/mol. The van der Waals surface area contributed by atoms with Gasteiger partial charge in [-0.15, -0.1) is 11.3 Å². The van der Waals surface area contributed by atoms with Crippen molar-refractivity contribution in [3.63, 3.8) is 0 Å². The molecule has 0 spiro atoms. The summed E-state index contributed by atoms with van der Waals surface area (Å²) < 4.78 is 12.6. The second kappa shape index (κ2) is 17.0. The summed E-state index contributed by atoms with van der Waals surface area (Å²) in [5.41, 5.74) is 18.9. The minimum absolute atomic E-state index is 0.00292. The Morgan fingerprint density at radius 3 is 1.49 bits per heavy atom. The van der Waals surface area contributed by atoms with Crippen LogP contribution < -0.4 is 30.9 Å². The molecule has 4 nitrogen and oxygen atoms in total. The molecule has 0 amide bonds. The molecule has 0 saturated carbocycles. The van der Waals surface area contributed by atoms with Gasteiger partial charge in [-0.2, -0.15) is 0 Å². The molecule has 0 bridgehead atoms. The zero-order valence-corrected chi connectivity index (χ0v) is 46.9. The summed E-state index contributed by atoms with van der Waals surface area (Å²) >= 11 is 1.85. The van der Waals surface area contributed by atoms with Gasteiger partial charge in [-0.3, -0.25) is 0 Å². The van der Waals surface area contributed by atoms with Crippen LogP contribution in [0.4, 0.5) is 34.1 Å². The fourth-order valence-corrected chi connectivity index (χ4v) is 13.3. The maximum atomic E-state index is 7.62. The van der Waals surface area contributed by atoms with E-state index in [4.69, 9.17) is 4.74 Å². The summed E-state index contributed by atoms with van der Waals surface area (Å²) in [6, 6.07) is 69.0. The lowest BCUT2D eigenvalue weighted by Crippen LogP contribution is -2.59. The molecular formula is C70H66BN3OS. The minimum Gasteiger partial charge on any atom is -0.457 e. The predicted octanol–water partition coefficient (Wildman–Crippen LogP) is 18.2. The Bertz CT molecular complexity index is 4000. The fourth-order valence-electron chi connectivity index (χ4n) is 12.0. The zero-order chi connectivity index (χ0) is 52.8. The van der Waals surface area contributed by atoms with Crippen LogP contribution in [0.5, 0.6) is 11.5 Å². The molecule has 2 aromatic heterocycles. The van der Waals surface area contributed by atoms with Crippen LogP contribution in [-0.2, 0) is 21.7 Å². The van der Waals surface area contributed by atoms with Crippen molar-refractivity contribution in [3.05, 3.63) is 204 Å². The van der Waals surface area contributed by atoms with Crippen molar-refractivity contribution in [2.24, 2.45) is 0 Å². The first-order chi connectivity index (χ1) is 36.2. The lowest BCUT2D eigenvalue weighted by Gasteiger charge is -2.42. The quantitative estimate of drug-likeness (QED) is 0.160. The SMILES string of the molecule is CC(C)(C)c1ccc(N(c2ccc(C(C)(C)C)cc2)c2ccc3c(c2)N(c2ccc(C(C)(C)C)cc2)c2cc(C(C)(C)C)cc4c2B3c2cc(-n3c5ccccc5c5ccccc53)c3c(sc5ccccc53)c2O4)cc1. The molecule has 0 saturated heterocycles. The van der Waals surface area contributed by atoms with E-state index in [2.05, 4.69) is 279 Å². The molecule has 0 atom stereocenters. The molecule has 0 unspecified atom stereocenters. The van der Waals surface area contributed by atoms with E-state index in [1.807, 2.05) is 11.3 Å². The van der Waals surface area contributed by atoms with Crippen LogP contribution in [0.25, 0.3) is 47.7 Å². The van der Waals surface area contributed by atoms with Gasteiger partial charge < -0.3 is 19.1 Å². The Morgan fingerprint density at radius 1 is 0.434 bits per heavy atom. The molecule has 0 N–H and O–H groups in total. The lowest BCUT2D eigenvalue weighted by molar-refractivity contribution is 0.489. The van der Waals surface area contributed by atoms with E-state index in [-0.39, 0.29) is 28.4 Å². The van der Waals surface area contributed by atoms with Crippen LogP contribution in [0.1, 0.15) is 105 Å². The summed E-state index contributed by atoms with van der Waals surface area (Å²) in [5.74, 6) is 1.88. The smallest absolute Gasteiger partial charge is 0.256 e. The van der Waals surface area contributed by atoms with Gasteiger partial charge >= 0.3 is 0 Å². The standard InChI is InChI=1S/C70H66BN3OS/c1-67(2,3)43-25-31-47(32-26-43)72(48-33-27-44(28-34-48)68(4,5)6)50-37-38-54-58(41-50)73(49-35-29-45(30-36-49)69(7,8)9)60-39-46(70(10,11)12)40-61-64(60)71(54)55-42-59(63-53-21-15-18-24-62(53)76-66(63)65(55)75-61)74-56-22-16-13-19-51(56)52-20-14-17-23-57(52)74/h13-42H,1-12H3. The summed E-state index contributed by atoms with van der Waals surface area (Å²) in [4.78, 5) is 4.99. The van der Waals surface area contributed by atoms with E-state index in [9.17, 15) is 0 Å². The van der Waals surface area contributed by atoms with Crippen molar-refractivity contribution in [2.45, 2.75) is 105 Å². The molecule has 13 rings (SSSR count). The molecule has 0 aliphatic carbocycles. The summed E-state index contributed by atoms with van der Waals surface area (Å²) in [7, 11) is 0. The van der Waals surface area contributed by atoms with Gasteiger partial charge in [-0.05, 0) is 145 Å². The number of rotatable bonds is 5. The number of nitrogens with zero attached hydrogens (tertiary/aromatic N) is 3. The van der Waals surface area contributed by atoms with E-state index < -0.39 is 0 Å². The van der Waals surface area contributed by atoms with E-state index in [0.717, 1.165) is 45.6 Å². The Morgan fingerprint density at radius 2 is 0.934 bits per heavy atom. The van der Waals surface area contributed by atoms with Crippen molar-refractivity contribution in [3.8, 4) is 17.2 Å². The van der Waals surface area contributed by atoms with E-state index in [1.165, 1.54) is 86.3 Å². The molecule has 11 aromatic rings. The molecule has 0 radical (unpaired) electrons. The van der Waals surface area contributed by atoms with Crippen LogP contribution in [-0.4, -0.2) is 11.3 Å². The predicted molar refractivity (Wildman–Crippen MR) is 329 cm³/mol. The first-order valence-electron chi connectivity index (χ1n) is 27.1. The molecule has 376 valence electrons. The maximum Gasteiger partial charge on any atom is 0.256 e. The highest BCUT2D eigenvalue weighted by Crippen LogP contribution is 2.50. The summed E-state index contributed by atoms with van der Waals surface area (Å²) in [5, 5.41) is 4.96. The number of anilines is 6. The Kier molecular flexibility index (Phi) is 10.8. The molecule has 0 fully saturated rings. The van der Waals surface area contributed by atoms with Crippen LogP contribution in [0.2, 0.25) is 0 Å². The van der Waals surface area contributed by atoms with Gasteiger partial charge in [0.1, 0.15) is 11.5 Å². The van der Waals surface area contributed by atoms with Crippen LogP contribution >= 0.6 is 11.3 Å². The number of aromatic nitrogens is 1. The van der Waals surface area contributed by atoms with E-state index >= 15 is 0 Å². The zero-order valence-electron chi connectivity index (χ0n) is 46.1. The summed E-state index contributed by atoms with van der Waals surface area (Å²) in [6.45, 7) is 27.4. The fraction of sp³-hybridized carbons (Fsp3) is 0.229. The topological polar surface area (TPSA) is 20.6 Å². The van der Waals surface area contributed by atoms with E-state index in [0.29, 0.717) is 0 Å². The minimum atomic E-state index is -0.170. The van der Waals surface area contributed by atoms with E-state index in [1.54, 1.807) is 0 Å². The average Bonchev–Trinajstić information content (AvgIpc) is 4.11. The highest BCUT2D eigenvalue weighted by atomic mass is 32.1. The Balaban J connectivity index is 1.12. The largest absolute Gasteiger partial charge is 0.457 e. The van der Waals surface area contributed by atoms with Crippen molar-refractivity contribution < 1.29 is 4.74 Å². The number of ether oxygens (including phenoxy) is 1. The highest BCUT2D eigenvalue weighted by molar-refractivity contribution is 7.26. The van der Waals surface area contributed by atoms with Crippen LogP contribution in [0, 0.1) is 0 Å². The third-order valence-corrected chi connectivity index (χ3v) is 17.4. The van der Waals surface area contributed by atoms with Crippen molar-refractivity contribution in [1.29, 1.82) is 0 Å². The number of hydrogen-bond acceptors (Lipinski definition) is 4. The third-order valence-electron chi connectivity index (χ3n) is 16.3.